The van der Waals surface area contributed by atoms with Crippen molar-refractivity contribution in [3.63, 3.8) is 0 Å². The van der Waals surface area contributed by atoms with E-state index in [1.165, 1.54) is 16.5 Å². The van der Waals surface area contributed by atoms with E-state index in [4.69, 9.17) is 4.74 Å². The van der Waals surface area contributed by atoms with E-state index in [1.807, 2.05) is 6.20 Å². The number of nitrogens with one attached hydrogen (secondary N) is 3. The molecule has 98 valence electrons. The van der Waals surface area contributed by atoms with E-state index < -0.39 is 0 Å². The van der Waals surface area contributed by atoms with Crippen molar-refractivity contribution in [1.29, 1.82) is 0 Å². The van der Waals surface area contributed by atoms with E-state index >= 15 is 0 Å². The molecule has 1 aromatic heterocycles. The van der Waals surface area contributed by atoms with Gasteiger partial charge in [-0.15, -0.1) is 0 Å². The first-order valence-electron chi connectivity index (χ1n) is 6.37. The zero-order chi connectivity index (χ0) is 12.6. The summed E-state index contributed by atoms with van der Waals surface area (Å²) in [7, 11) is 1.72. The van der Waals surface area contributed by atoms with Crippen LogP contribution in [0.3, 0.4) is 0 Å². The molecule has 0 aliphatic heterocycles. The van der Waals surface area contributed by atoms with Crippen LogP contribution in [0.4, 0.5) is 0 Å². The number of hydrogen-bond donors (Lipinski definition) is 3. The van der Waals surface area contributed by atoms with Crippen LogP contribution in [0.2, 0.25) is 0 Å². The average Bonchev–Trinajstić information content (AvgIpc) is 2.86. The molecule has 0 aliphatic carbocycles. The summed E-state index contributed by atoms with van der Waals surface area (Å²) in [5.41, 5.74) is 2.55. The minimum atomic E-state index is 0.766. The number of fused-ring (bicyclic) bond motifs is 1. The Balaban J connectivity index is 1.72. The zero-order valence-electron chi connectivity index (χ0n) is 10.8. The van der Waals surface area contributed by atoms with Crippen molar-refractivity contribution in [2.75, 3.05) is 33.4 Å². The third-order valence-electron chi connectivity index (χ3n) is 2.95. The van der Waals surface area contributed by atoms with Gasteiger partial charge in [0.25, 0.3) is 0 Å². The summed E-state index contributed by atoms with van der Waals surface area (Å²) in [5, 5.41) is 8.02. The van der Waals surface area contributed by atoms with Crippen LogP contribution in [0.15, 0.2) is 30.5 Å². The van der Waals surface area contributed by atoms with Crippen molar-refractivity contribution in [2.24, 2.45) is 0 Å². The average molecular weight is 247 g/mol. The Hall–Kier alpha value is -1.36. The molecule has 1 heterocycles. The first kappa shape index (κ1) is 13.1. The Morgan fingerprint density at radius 3 is 2.89 bits per heavy atom. The topological polar surface area (TPSA) is 49.1 Å². The zero-order valence-corrected chi connectivity index (χ0v) is 10.8. The minimum Gasteiger partial charge on any atom is -0.383 e. The molecule has 0 bridgehead atoms. The van der Waals surface area contributed by atoms with Gasteiger partial charge in [-0.2, -0.15) is 0 Å². The predicted octanol–water partition coefficient (Wildman–Crippen LogP) is 1.49. The molecule has 0 atom stereocenters. The second-order valence-electron chi connectivity index (χ2n) is 4.28. The second-order valence-corrected chi connectivity index (χ2v) is 4.28. The van der Waals surface area contributed by atoms with Crippen LogP contribution < -0.4 is 10.6 Å². The van der Waals surface area contributed by atoms with Crippen molar-refractivity contribution < 1.29 is 4.74 Å². The quantitative estimate of drug-likeness (QED) is 0.620. The van der Waals surface area contributed by atoms with Gasteiger partial charge in [0.2, 0.25) is 0 Å². The molecule has 0 amide bonds. The fourth-order valence-corrected chi connectivity index (χ4v) is 2.00. The maximum Gasteiger partial charge on any atom is 0.0587 e. The number of ether oxygens (including phenoxy) is 1. The lowest BCUT2D eigenvalue weighted by molar-refractivity contribution is 0.199. The van der Waals surface area contributed by atoms with E-state index in [-0.39, 0.29) is 0 Å². The van der Waals surface area contributed by atoms with Crippen LogP contribution in [-0.4, -0.2) is 38.3 Å². The van der Waals surface area contributed by atoms with Gasteiger partial charge in [0, 0.05) is 45.0 Å². The molecule has 2 rings (SSSR count). The summed E-state index contributed by atoms with van der Waals surface area (Å²) in [4.78, 5) is 3.28. The van der Waals surface area contributed by atoms with E-state index in [1.54, 1.807) is 7.11 Å². The second kappa shape index (κ2) is 7.16. The maximum atomic E-state index is 4.97. The molecule has 3 N–H and O–H groups in total. The Kier molecular flexibility index (Phi) is 5.20. The van der Waals surface area contributed by atoms with E-state index in [0.29, 0.717) is 0 Å². The van der Waals surface area contributed by atoms with Gasteiger partial charge in [0.1, 0.15) is 0 Å². The number of H-pyrrole nitrogens is 1. The van der Waals surface area contributed by atoms with Crippen LogP contribution >= 0.6 is 0 Å². The van der Waals surface area contributed by atoms with Crippen LogP contribution in [-0.2, 0) is 11.3 Å². The van der Waals surface area contributed by atoms with Crippen LogP contribution in [0.25, 0.3) is 10.9 Å². The summed E-state index contributed by atoms with van der Waals surface area (Å²) in [6.45, 7) is 4.49. The molecular weight excluding hydrogens is 226 g/mol. The van der Waals surface area contributed by atoms with Gasteiger partial charge in [0.05, 0.1) is 6.61 Å². The molecule has 0 aliphatic rings. The van der Waals surface area contributed by atoms with Gasteiger partial charge in [0.15, 0.2) is 0 Å². The molecule has 18 heavy (non-hydrogen) atoms. The fourth-order valence-electron chi connectivity index (χ4n) is 2.00. The molecule has 0 saturated heterocycles. The maximum absolute atomic E-state index is 4.97. The lowest BCUT2D eigenvalue weighted by Gasteiger charge is -2.07. The lowest BCUT2D eigenvalue weighted by Crippen LogP contribution is -2.29. The van der Waals surface area contributed by atoms with Crippen molar-refractivity contribution in [3.8, 4) is 0 Å². The minimum absolute atomic E-state index is 0.766. The number of hydrogen-bond acceptors (Lipinski definition) is 3. The molecule has 0 saturated carbocycles. The Bertz CT molecular complexity index is 467. The molecule has 1 aromatic carbocycles. The van der Waals surface area contributed by atoms with Crippen molar-refractivity contribution in [2.45, 2.75) is 6.54 Å². The monoisotopic (exact) mass is 247 g/mol. The van der Waals surface area contributed by atoms with Crippen molar-refractivity contribution in [3.05, 3.63) is 36.0 Å². The highest BCUT2D eigenvalue weighted by Crippen LogP contribution is 2.16. The standard InChI is InChI=1S/C14H21N3O/c1-18-10-9-15-7-8-16-11-13-4-2-3-12-5-6-17-14(12)13/h2-6,15-17H,7-11H2,1H3. The highest BCUT2D eigenvalue weighted by molar-refractivity contribution is 5.82. The number of methoxy groups -OCH3 is 1. The van der Waals surface area contributed by atoms with E-state index in [9.17, 15) is 0 Å². The molecular formula is C14H21N3O. The number of benzene rings is 1. The van der Waals surface area contributed by atoms with E-state index in [0.717, 1.165) is 32.8 Å². The number of para-hydroxylation sites is 1. The highest BCUT2D eigenvalue weighted by atomic mass is 16.5. The third-order valence-corrected chi connectivity index (χ3v) is 2.95. The lowest BCUT2D eigenvalue weighted by atomic mass is 10.1. The van der Waals surface area contributed by atoms with Crippen LogP contribution in [0.5, 0.6) is 0 Å². The van der Waals surface area contributed by atoms with E-state index in [2.05, 4.69) is 39.9 Å². The Labute approximate surface area is 108 Å². The normalized spacial score (nSPS) is 11.2. The summed E-state index contributed by atoms with van der Waals surface area (Å²) in [5.74, 6) is 0. The molecule has 4 nitrogen and oxygen atoms in total. The fraction of sp³-hybridized carbons (Fsp3) is 0.429. The Morgan fingerprint density at radius 2 is 2.00 bits per heavy atom. The van der Waals surface area contributed by atoms with Gasteiger partial charge >= 0.3 is 0 Å². The van der Waals surface area contributed by atoms with Crippen LogP contribution in [0.1, 0.15) is 5.56 Å². The summed E-state index contributed by atoms with van der Waals surface area (Å²) < 4.78 is 4.97. The number of rotatable bonds is 8. The smallest absolute Gasteiger partial charge is 0.0587 e. The summed E-state index contributed by atoms with van der Waals surface area (Å²) in [6.07, 6.45) is 1.99. The number of aromatic nitrogens is 1. The Morgan fingerprint density at radius 1 is 1.11 bits per heavy atom. The van der Waals surface area contributed by atoms with Gasteiger partial charge in [-0.05, 0) is 17.0 Å². The highest BCUT2D eigenvalue weighted by Gasteiger charge is 2.00. The van der Waals surface area contributed by atoms with Crippen LogP contribution in [0, 0.1) is 0 Å². The SMILES string of the molecule is COCCNCCNCc1cccc2cc[nH]c12. The first-order valence-corrected chi connectivity index (χ1v) is 6.37. The van der Waals surface area contributed by atoms with Gasteiger partial charge in [-0.1, -0.05) is 18.2 Å². The number of aromatic amines is 1. The summed E-state index contributed by atoms with van der Waals surface area (Å²) in [6, 6.07) is 8.49. The molecule has 0 spiro atoms. The van der Waals surface area contributed by atoms with Crippen molar-refractivity contribution in [1.82, 2.24) is 15.6 Å². The molecule has 2 aromatic rings. The molecule has 4 heteroatoms. The van der Waals surface area contributed by atoms with Gasteiger partial charge in [-0.25, -0.2) is 0 Å². The van der Waals surface area contributed by atoms with Crippen molar-refractivity contribution >= 4 is 10.9 Å². The molecule has 0 radical (unpaired) electrons. The third kappa shape index (κ3) is 3.57. The van der Waals surface area contributed by atoms with Gasteiger partial charge < -0.3 is 20.4 Å². The van der Waals surface area contributed by atoms with Gasteiger partial charge in [-0.3, -0.25) is 0 Å². The predicted molar refractivity (Wildman–Crippen MR) is 74.8 cm³/mol. The first-order chi connectivity index (χ1) is 8.92. The molecule has 0 unspecified atom stereocenters. The summed E-state index contributed by atoms with van der Waals surface area (Å²) >= 11 is 0. The molecule has 0 fully saturated rings. The largest absolute Gasteiger partial charge is 0.383 e.